The zero-order valence-electron chi connectivity index (χ0n) is 8.54. The molecule has 0 saturated carbocycles. The number of nitrogens with two attached hydrogens (primary N) is 1. The van der Waals surface area contributed by atoms with Crippen LogP contribution in [-0.4, -0.2) is 25.3 Å². The van der Waals surface area contributed by atoms with Crippen LogP contribution in [0.25, 0.3) is 0 Å². The minimum Gasteiger partial charge on any atom is -0.475 e. The van der Waals surface area contributed by atoms with Crippen LogP contribution < -0.4 is 10.5 Å². The highest BCUT2D eigenvalue weighted by atomic mass is 19.4. The number of hydrogen-bond acceptors (Lipinski definition) is 4. The second-order valence-corrected chi connectivity index (χ2v) is 2.96. The molecular weight excluding hydrogens is 225 g/mol. The highest BCUT2D eigenvalue weighted by molar-refractivity contribution is 5.43. The topological polar surface area (TPSA) is 57.4 Å². The van der Waals surface area contributed by atoms with Crippen LogP contribution in [0.1, 0.15) is 5.56 Å². The number of nitrogens with zero attached hydrogens (tertiary/aromatic N) is 1. The van der Waals surface area contributed by atoms with Crippen molar-refractivity contribution < 1.29 is 22.6 Å². The third-order valence-corrected chi connectivity index (χ3v) is 1.70. The third kappa shape index (κ3) is 3.27. The van der Waals surface area contributed by atoms with E-state index in [0.717, 1.165) is 12.3 Å². The molecule has 16 heavy (non-hydrogen) atoms. The van der Waals surface area contributed by atoms with E-state index < -0.39 is 17.6 Å². The van der Waals surface area contributed by atoms with E-state index in [9.17, 15) is 13.2 Å². The average Bonchev–Trinajstić information content (AvgIpc) is 2.19. The monoisotopic (exact) mass is 236 g/mol. The zero-order chi connectivity index (χ0) is 12.2. The van der Waals surface area contributed by atoms with Gasteiger partial charge in [-0.05, 0) is 6.07 Å². The highest BCUT2D eigenvalue weighted by Gasteiger charge is 2.35. The quantitative estimate of drug-likeness (QED) is 0.808. The second kappa shape index (κ2) is 5.02. The van der Waals surface area contributed by atoms with Crippen molar-refractivity contribution in [3.63, 3.8) is 0 Å². The molecule has 0 amide bonds. The van der Waals surface area contributed by atoms with Crippen LogP contribution in [0.3, 0.4) is 0 Å². The fraction of sp³-hybridized carbons (Fsp3) is 0.444. The van der Waals surface area contributed by atoms with E-state index in [-0.39, 0.29) is 18.9 Å². The number of halogens is 3. The van der Waals surface area contributed by atoms with Gasteiger partial charge < -0.3 is 15.2 Å². The minimum absolute atomic E-state index is 0.00347. The van der Waals surface area contributed by atoms with Crippen LogP contribution in [0.15, 0.2) is 12.3 Å². The van der Waals surface area contributed by atoms with Crippen molar-refractivity contribution in [3.05, 3.63) is 17.8 Å². The largest absolute Gasteiger partial charge is 0.475 e. The van der Waals surface area contributed by atoms with Gasteiger partial charge in [0.25, 0.3) is 0 Å². The Hall–Kier alpha value is -1.50. The minimum atomic E-state index is -4.54. The summed E-state index contributed by atoms with van der Waals surface area (Å²) >= 11 is 0. The summed E-state index contributed by atoms with van der Waals surface area (Å²) in [6.07, 6.45) is -3.43. The standard InChI is InChI=1S/C9H11F3N2O2/c1-15-2-3-16-8-7(9(10,11)12)4-6(13)5-14-8/h4-5H,2-3,13H2,1H3. The van der Waals surface area contributed by atoms with Gasteiger partial charge in [-0.2, -0.15) is 13.2 Å². The molecule has 0 aliphatic rings. The first-order valence-electron chi connectivity index (χ1n) is 4.39. The van der Waals surface area contributed by atoms with Crippen molar-refractivity contribution in [2.75, 3.05) is 26.1 Å². The summed E-state index contributed by atoms with van der Waals surface area (Å²) in [5, 5.41) is 0. The van der Waals surface area contributed by atoms with E-state index in [1.165, 1.54) is 7.11 Å². The van der Waals surface area contributed by atoms with Crippen molar-refractivity contribution >= 4 is 5.69 Å². The number of anilines is 1. The molecule has 0 aliphatic heterocycles. The van der Waals surface area contributed by atoms with E-state index in [1.807, 2.05) is 0 Å². The summed E-state index contributed by atoms with van der Waals surface area (Å²) in [7, 11) is 1.42. The third-order valence-electron chi connectivity index (χ3n) is 1.70. The van der Waals surface area contributed by atoms with Crippen molar-refractivity contribution in [3.8, 4) is 5.88 Å². The van der Waals surface area contributed by atoms with Crippen LogP contribution >= 0.6 is 0 Å². The van der Waals surface area contributed by atoms with Gasteiger partial charge in [0.1, 0.15) is 12.2 Å². The maximum atomic E-state index is 12.5. The Morgan fingerprint density at radius 2 is 2.06 bits per heavy atom. The number of nitrogen functional groups attached to an aromatic ring is 1. The van der Waals surface area contributed by atoms with Crippen molar-refractivity contribution in [1.29, 1.82) is 0 Å². The van der Waals surface area contributed by atoms with Gasteiger partial charge in [-0.15, -0.1) is 0 Å². The summed E-state index contributed by atoms with van der Waals surface area (Å²) in [4.78, 5) is 3.49. The molecule has 4 nitrogen and oxygen atoms in total. The number of aromatic nitrogens is 1. The molecule has 2 N–H and O–H groups in total. The Kier molecular flexibility index (Phi) is 3.94. The first kappa shape index (κ1) is 12.6. The molecular formula is C9H11F3N2O2. The van der Waals surface area contributed by atoms with Crippen molar-refractivity contribution in [2.45, 2.75) is 6.18 Å². The SMILES string of the molecule is COCCOc1ncc(N)cc1C(F)(F)F. The Balaban J connectivity index is 2.90. The predicted molar refractivity (Wildman–Crippen MR) is 51.0 cm³/mol. The molecule has 0 saturated heterocycles. The predicted octanol–water partition coefficient (Wildman–Crippen LogP) is 1.71. The number of hydrogen-bond donors (Lipinski definition) is 1. The lowest BCUT2D eigenvalue weighted by Gasteiger charge is -2.12. The summed E-state index contributed by atoms with van der Waals surface area (Å²) in [5.74, 6) is -0.487. The number of pyridine rings is 1. The molecule has 90 valence electrons. The smallest absolute Gasteiger partial charge is 0.421 e. The van der Waals surface area contributed by atoms with Crippen LogP contribution in [-0.2, 0) is 10.9 Å². The molecule has 0 aromatic carbocycles. The summed E-state index contributed by atoms with van der Waals surface area (Å²) in [5.41, 5.74) is 4.19. The van der Waals surface area contributed by atoms with Crippen molar-refractivity contribution in [1.82, 2.24) is 4.98 Å². The Morgan fingerprint density at radius 3 is 2.62 bits per heavy atom. The lowest BCUT2D eigenvalue weighted by molar-refractivity contribution is -0.139. The molecule has 7 heteroatoms. The lowest BCUT2D eigenvalue weighted by atomic mass is 10.2. The fourth-order valence-corrected chi connectivity index (χ4v) is 1.01. The molecule has 0 aliphatic carbocycles. The van der Waals surface area contributed by atoms with Crippen LogP contribution in [0.2, 0.25) is 0 Å². The maximum Gasteiger partial charge on any atom is 0.421 e. The average molecular weight is 236 g/mol. The number of alkyl halides is 3. The fourth-order valence-electron chi connectivity index (χ4n) is 1.01. The summed E-state index contributed by atoms with van der Waals surface area (Å²) < 4.78 is 47.1. The van der Waals surface area contributed by atoms with E-state index in [4.69, 9.17) is 10.5 Å². The number of rotatable bonds is 4. The van der Waals surface area contributed by atoms with Crippen LogP contribution in [0.5, 0.6) is 5.88 Å². The molecule has 0 atom stereocenters. The molecule has 0 unspecified atom stereocenters. The Bertz CT molecular complexity index is 355. The van der Waals surface area contributed by atoms with E-state index in [2.05, 4.69) is 9.72 Å². The number of methoxy groups -OCH3 is 1. The Morgan fingerprint density at radius 1 is 1.38 bits per heavy atom. The van der Waals surface area contributed by atoms with Crippen LogP contribution in [0.4, 0.5) is 18.9 Å². The normalized spacial score (nSPS) is 11.5. The summed E-state index contributed by atoms with van der Waals surface area (Å²) in [6, 6.07) is 0.787. The lowest BCUT2D eigenvalue weighted by Crippen LogP contribution is -2.13. The molecule has 1 aromatic heterocycles. The zero-order valence-corrected chi connectivity index (χ0v) is 8.54. The molecule has 0 bridgehead atoms. The van der Waals surface area contributed by atoms with E-state index >= 15 is 0 Å². The van der Waals surface area contributed by atoms with Gasteiger partial charge in [0.05, 0.1) is 18.5 Å². The van der Waals surface area contributed by atoms with Gasteiger partial charge in [0, 0.05) is 7.11 Å². The van der Waals surface area contributed by atoms with Gasteiger partial charge in [0.15, 0.2) is 0 Å². The maximum absolute atomic E-state index is 12.5. The molecule has 0 radical (unpaired) electrons. The van der Waals surface area contributed by atoms with Gasteiger partial charge in [-0.1, -0.05) is 0 Å². The molecule has 0 spiro atoms. The first-order valence-corrected chi connectivity index (χ1v) is 4.39. The molecule has 1 heterocycles. The Labute approximate surface area is 90.2 Å². The van der Waals surface area contributed by atoms with E-state index in [0.29, 0.717) is 0 Å². The molecule has 0 fully saturated rings. The van der Waals surface area contributed by atoms with Crippen molar-refractivity contribution in [2.24, 2.45) is 0 Å². The first-order chi connectivity index (χ1) is 7.45. The number of ether oxygens (including phenoxy) is 2. The van der Waals surface area contributed by atoms with E-state index in [1.54, 1.807) is 0 Å². The van der Waals surface area contributed by atoms with Crippen LogP contribution in [0, 0.1) is 0 Å². The second-order valence-electron chi connectivity index (χ2n) is 2.96. The van der Waals surface area contributed by atoms with Gasteiger partial charge in [-0.3, -0.25) is 0 Å². The summed E-state index contributed by atoms with van der Waals surface area (Å²) in [6.45, 7) is 0.180. The van der Waals surface area contributed by atoms with Gasteiger partial charge >= 0.3 is 6.18 Å². The highest BCUT2D eigenvalue weighted by Crippen LogP contribution is 2.35. The van der Waals surface area contributed by atoms with Gasteiger partial charge in [0.2, 0.25) is 5.88 Å². The molecule has 1 aromatic rings. The molecule has 1 rings (SSSR count). The van der Waals surface area contributed by atoms with Gasteiger partial charge in [-0.25, -0.2) is 4.98 Å².